The zero-order valence-electron chi connectivity index (χ0n) is 21.0. The number of rotatable bonds is 5. The Morgan fingerprint density at radius 3 is 2.58 bits per heavy atom. The van der Waals surface area contributed by atoms with Crippen LogP contribution >= 0.6 is 23.5 Å². The molecule has 186 valence electrons. The Kier molecular flexibility index (Phi) is 7.44. The number of nitrogens with zero attached hydrogens (tertiary/aromatic N) is 1. The van der Waals surface area contributed by atoms with Crippen molar-refractivity contribution in [2.24, 2.45) is 11.8 Å². The van der Waals surface area contributed by atoms with Crippen LogP contribution in [0.3, 0.4) is 0 Å². The first-order valence-electron chi connectivity index (χ1n) is 12.6. The average Bonchev–Trinajstić information content (AvgIpc) is 3.01. The van der Waals surface area contributed by atoms with E-state index in [1.807, 2.05) is 47.4 Å². The molecule has 1 fully saturated rings. The van der Waals surface area contributed by atoms with Gasteiger partial charge in [0.25, 0.3) is 11.8 Å². The van der Waals surface area contributed by atoms with E-state index in [9.17, 15) is 9.59 Å². The molecule has 0 aromatic heterocycles. The Morgan fingerprint density at radius 2 is 1.81 bits per heavy atom. The summed E-state index contributed by atoms with van der Waals surface area (Å²) in [5.74, 6) is 0.956. The fourth-order valence-corrected chi connectivity index (χ4v) is 6.64. The van der Waals surface area contributed by atoms with Crippen LogP contribution in [-0.2, 0) is 6.54 Å². The van der Waals surface area contributed by atoms with Crippen LogP contribution in [0.5, 0.6) is 0 Å². The highest BCUT2D eigenvalue weighted by molar-refractivity contribution is 7.99. The number of hydrogen-bond acceptors (Lipinski definition) is 4. The monoisotopic (exact) mass is 516 g/mol. The number of anilines is 1. The molecule has 1 saturated carbocycles. The highest BCUT2D eigenvalue weighted by atomic mass is 32.2. The number of hydrogen-bond donors (Lipinski definition) is 1. The zero-order valence-corrected chi connectivity index (χ0v) is 22.6. The zero-order chi connectivity index (χ0) is 25.2. The molecule has 1 aliphatic carbocycles. The van der Waals surface area contributed by atoms with Crippen molar-refractivity contribution < 1.29 is 9.59 Å². The number of thioether (sulfide) groups is 1. The lowest BCUT2D eigenvalue weighted by Gasteiger charge is -2.34. The second-order valence-corrected chi connectivity index (χ2v) is 11.8. The second kappa shape index (κ2) is 10.7. The van der Waals surface area contributed by atoms with Crippen molar-refractivity contribution in [2.75, 3.05) is 11.2 Å². The number of carbonyl (C=O) groups is 2. The Bertz CT molecular complexity index is 1270. The Balaban J connectivity index is 1.49. The van der Waals surface area contributed by atoms with Gasteiger partial charge in [-0.05, 0) is 72.5 Å². The van der Waals surface area contributed by atoms with E-state index in [4.69, 9.17) is 0 Å². The SMILES string of the molecule is CSc1ccc(CN2C(=O)c3ccccc3Sc3ccc(C(=O)N[C@@H]4CCC[C@@H](C)[C@H]4C)cc32)cc1. The van der Waals surface area contributed by atoms with Gasteiger partial charge in [0.05, 0.1) is 17.8 Å². The summed E-state index contributed by atoms with van der Waals surface area (Å²) in [4.78, 5) is 32.1. The minimum absolute atomic E-state index is 0.0434. The molecule has 1 N–H and O–H groups in total. The molecular weight excluding hydrogens is 484 g/mol. The first-order chi connectivity index (χ1) is 17.4. The first-order valence-corrected chi connectivity index (χ1v) is 14.7. The standard InChI is InChI=1S/C30H32N2O2S2/c1-19-7-6-9-25(20(19)2)31-29(33)22-13-16-28-26(17-22)32(18-21-11-14-23(35-3)15-12-21)30(34)24-8-4-5-10-27(24)36-28/h4-5,8,10-17,19-20,25H,6-7,9,18H2,1-3H3,(H,31,33)/t19-,20-,25-/m1/s1. The number of benzene rings is 3. The van der Waals surface area contributed by atoms with Crippen molar-refractivity contribution in [1.29, 1.82) is 0 Å². The second-order valence-electron chi connectivity index (χ2n) is 9.87. The number of fused-ring (bicyclic) bond motifs is 2. The van der Waals surface area contributed by atoms with Crippen LogP contribution < -0.4 is 10.2 Å². The van der Waals surface area contributed by atoms with E-state index >= 15 is 0 Å². The van der Waals surface area contributed by atoms with Crippen molar-refractivity contribution in [2.45, 2.75) is 60.4 Å². The van der Waals surface area contributed by atoms with E-state index < -0.39 is 0 Å². The molecule has 1 heterocycles. The average molecular weight is 517 g/mol. The van der Waals surface area contributed by atoms with Crippen LogP contribution in [0.15, 0.2) is 81.4 Å². The predicted molar refractivity (Wildman–Crippen MR) is 149 cm³/mol. The number of nitrogens with one attached hydrogen (secondary N) is 1. The van der Waals surface area contributed by atoms with E-state index in [0.29, 0.717) is 29.5 Å². The third-order valence-electron chi connectivity index (χ3n) is 7.62. The molecule has 2 amide bonds. The Labute approximate surface area is 222 Å². The summed E-state index contributed by atoms with van der Waals surface area (Å²) >= 11 is 3.28. The molecule has 6 heteroatoms. The van der Waals surface area contributed by atoms with Crippen molar-refractivity contribution in [3.63, 3.8) is 0 Å². The number of amides is 2. The van der Waals surface area contributed by atoms with Gasteiger partial charge in [0.15, 0.2) is 0 Å². The maximum atomic E-state index is 13.8. The van der Waals surface area contributed by atoms with E-state index in [0.717, 1.165) is 33.9 Å². The lowest BCUT2D eigenvalue weighted by atomic mass is 9.78. The van der Waals surface area contributed by atoms with Crippen molar-refractivity contribution >= 4 is 41.0 Å². The molecule has 3 aromatic carbocycles. The van der Waals surface area contributed by atoms with Gasteiger partial charge in [-0.25, -0.2) is 0 Å². The molecular formula is C30H32N2O2S2. The summed E-state index contributed by atoms with van der Waals surface area (Å²) < 4.78 is 0. The molecule has 0 spiro atoms. The lowest BCUT2D eigenvalue weighted by Crippen LogP contribution is -2.43. The summed E-state index contributed by atoms with van der Waals surface area (Å²) in [6.07, 6.45) is 5.44. The summed E-state index contributed by atoms with van der Waals surface area (Å²) in [6.45, 7) is 4.95. The van der Waals surface area contributed by atoms with E-state index in [2.05, 4.69) is 49.7 Å². The summed E-state index contributed by atoms with van der Waals surface area (Å²) in [7, 11) is 0. The van der Waals surface area contributed by atoms with E-state index in [-0.39, 0.29) is 17.9 Å². The van der Waals surface area contributed by atoms with Gasteiger partial charge in [0, 0.05) is 26.3 Å². The molecule has 2 aliphatic rings. The first kappa shape index (κ1) is 25.0. The van der Waals surface area contributed by atoms with Crippen LogP contribution in [0, 0.1) is 11.8 Å². The van der Waals surface area contributed by atoms with Crippen molar-refractivity contribution in [3.05, 3.63) is 83.4 Å². The van der Waals surface area contributed by atoms with Gasteiger partial charge >= 0.3 is 0 Å². The minimum atomic E-state index is -0.0627. The van der Waals surface area contributed by atoms with Gasteiger partial charge in [-0.15, -0.1) is 11.8 Å². The summed E-state index contributed by atoms with van der Waals surface area (Å²) in [5.41, 5.74) is 3.13. The van der Waals surface area contributed by atoms with Crippen molar-refractivity contribution in [1.82, 2.24) is 5.32 Å². The molecule has 0 saturated heterocycles. The third-order valence-corrected chi connectivity index (χ3v) is 9.50. The van der Waals surface area contributed by atoms with Gasteiger partial charge in [-0.3, -0.25) is 9.59 Å². The van der Waals surface area contributed by atoms with Crippen LogP contribution in [0.1, 0.15) is 59.4 Å². The fraction of sp³-hybridized carbons (Fsp3) is 0.333. The molecule has 3 atom stereocenters. The maximum Gasteiger partial charge on any atom is 0.259 e. The summed E-state index contributed by atoms with van der Waals surface area (Å²) in [6, 6.07) is 22.0. The molecule has 0 bridgehead atoms. The fourth-order valence-electron chi connectivity index (χ4n) is 5.17. The maximum absolute atomic E-state index is 13.8. The van der Waals surface area contributed by atoms with Gasteiger partial charge in [-0.1, -0.05) is 62.7 Å². The van der Waals surface area contributed by atoms with E-state index in [1.165, 1.54) is 11.3 Å². The van der Waals surface area contributed by atoms with Gasteiger partial charge in [0.1, 0.15) is 0 Å². The van der Waals surface area contributed by atoms with Crippen LogP contribution in [0.4, 0.5) is 5.69 Å². The topological polar surface area (TPSA) is 49.4 Å². The smallest absolute Gasteiger partial charge is 0.259 e. The van der Waals surface area contributed by atoms with Gasteiger partial charge < -0.3 is 10.2 Å². The number of carbonyl (C=O) groups excluding carboxylic acids is 2. The molecule has 5 rings (SSSR count). The van der Waals surface area contributed by atoms with Gasteiger partial charge in [0.2, 0.25) is 0 Å². The third kappa shape index (κ3) is 5.07. The lowest BCUT2D eigenvalue weighted by molar-refractivity contribution is 0.0889. The molecule has 3 aromatic rings. The van der Waals surface area contributed by atoms with Crippen molar-refractivity contribution in [3.8, 4) is 0 Å². The molecule has 1 aliphatic heterocycles. The normalized spacial score (nSPS) is 21.4. The quantitative estimate of drug-likeness (QED) is 0.362. The molecule has 0 unspecified atom stereocenters. The minimum Gasteiger partial charge on any atom is -0.349 e. The Hall–Kier alpha value is -2.70. The largest absolute Gasteiger partial charge is 0.349 e. The highest BCUT2D eigenvalue weighted by Gasteiger charge is 2.30. The molecule has 36 heavy (non-hydrogen) atoms. The van der Waals surface area contributed by atoms with Crippen LogP contribution in [-0.4, -0.2) is 24.1 Å². The van der Waals surface area contributed by atoms with Crippen LogP contribution in [0.2, 0.25) is 0 Å². The Morgan fingerprint density at radius 1 is 1.03 bits per heavy atom. The van der Waals surface area contributed by atoms with Gasteiger partial charge in [-0.2, -0.15) is 0 Å². The van der Waals surface area contributed by atoms with E-state index in [1.54, 1.807) is 23.5 Å². The molecule has 4 nitrogen and oxygen atoms in total. The van der Waals surface area contributed by atoms with Crippen LogP contribution in [0.25, 0.3) is 0 Å². The predicted octanol–water partition coefficient (Wildman–Crippen LogP) is 7.27. The molecule has 0 radical (unpaired) electrons. The highest BCUT2D eigenvalue weighted by Crippen LogP contribution is 2.42. The summed E-state index contributed by atoms with van der Waals surface area (Å²) in [5, 5.41) is 3.29.